The summed E-state index contributed by atoms with van der Waals surface area (Å²) in [6, 6.07) is 2.56. The molecule has 1 aliphatic heterocycles. The van der Waals surface area contributed by atoms with Gasteiger partial charge in [0, 0.05) is 11.6 Å². The van der Waals surface area contributed by atoms with Gasteiger partial charge in [0.2, 0.25) is 0 Å². The summed E-state index contributed by atoms with van der Waals surface area (Å²) in [7, 11) is 0. The summed E-state index contributed by atoms with van der Waals surface area (Å²) in [5, 5.41) is 0. The van der Waals surface area contributed by atoms with E-state index >= 15 is 0 Å². The van der Waals surface area contributed by atoms with Gasteiger partial charge in [-0.1, -0.05) is 12.8 Å². The van der Waals surface area contributed by atoms with Gasteiger partial charge in [-0.25, -0.2) is 0 Å². The van der Waals surface area contributed by atoms with Crippen LogP contribution in [0.25, 0.3) is 0 Å². The van der Waals surface area contributed by atoms with Gasteiger partial charge in [0.15, 0.2) is 4.67 Å². The first-order valence-corrected chi connectivity index (χ1v) is 6.54. The minimum atomic E-state index is 0.484. The Morgan fingerprint density at radius 1 is 1.27 bits per heavy atom. The molecule has 2 nitrogen and oxygen atoms in total. The highest BCUT2D eigenvalue weighted by Crippen LogP contribution is 2.26. The zero-order valence-electron chi connectivity index (χ0n) is 9.21. The fraction of sp³-hybridized carbons (Fsp3) is 0.667. The van der Waals surface area contributed by atoms with Gasteiger partial charge in [-0.05, 0) is 54.9 Å². The van der Waals surface area contributed by atoms with Crippen molar-refractivity contribution in [3.05, 3.63) is 22.6 Å². The summed E-state index contributed by atoms with van der Waals surface area (Å²) in [5.41, 5.74) is 1.28. The van der Waals surface area contributed by atoms with Crippen molar-refractivity contribution in [2.75, 3.05) is 13.1 Å². The SMILES string of the molecule is CC(c1coc(Br)c1)N1CCCCCC1. The average molecular weight is 272 g/mol. The van der Waals surface area contributed by atoms with Crippen molar-refractivity contribution < 1.29 is 4.42 Å². The van der Waals surface area contributed by atoms with Crippen molar-refractivity contribution in [1.82, 2.24) is 4.90 Å². The first-order chi connectivity index (χ1) is 7.27. The summed E-state index contributed by atoms with van der Waals surface area (Å²) in [4.78, 5) is 2.56. The molecule has 0 aliphatic carbocycles. The molecule has 1 atom stereocenters. The molecule has 0 spiro atoms. The zero-order chi connectivity index (χ0) is 10.7. The van der Waals surface area contributed by atoms with Gasteiger partial charge in [-0.15, -0.1) is 0 Å². The maximum absolute atomic E-state index is 5.30. The quantitative estimate of drug-likeness (QED) is 0.809. The van der Waals surface area contributed by atoms with Crippen LogP contribution in [0.1, 0.15) is 44.2 Å². The Morgan fingerprint density at radius 3 is 2.47 bits per heavy atom. The van der Waals surface area contributed by atoms with Crippen LogP contribution < -0.4 is 0 Å². The van der Waals surface area contributed by atoms with Gasteiger partial charge in [-0.3, -0.25) is 4.90 Å². The van der Waals surface area contributed by atoms with Crippen LogP contribution in [0.3, 0.4) is 0 Å². The second-order valence-corrected chi connectivity index (χ2v) is 5.09. The largest absolute Gasteiger partial charge is 0.457 e. The minimum absolute atomic E-state index is 0.484. The summed E-state index contributed by atoms with van der Waals surface area (Å²) < 4.78 is 6.13. The fourth-order valence-corrected chi connectivity index (χ4v) is 2.59. The van der Waals surface area contributed by atoms with Gasteiger partial charge in [0.25, 0.3) is 0 Å². The Morgan fingerprint density at radius 2 is 1.93 bits per heavy atom. The van der Waals surface area contributed by atoms with E-state index < -0.39 is 0 Å². The molecule has 3 heteroatoms. The standard InChI is InChI=1S/C12H18BrNO/c1-10(11-8-12(13)15-9-11)14-6-4-2-3-5-7-14/h8-10H,2-7H2,1H3. The Balaban J connectivity index is 2.02. The Labute approximate surface area is 99.8 Å². The van der Waals surface area contributed by atoms with E-state index in [4.69, 9.17) is 4.42 Å². The van der Waals surface area contributed by atoms with Crippen LogP contribution in [0.5, 0.6) is 0 Å². The summed E-state index contributed by atoms with van der Waals surface area (Å²) in [6.45, 7) is 4.72. The minimum Gasteiger partial charge on any atom is -0.457 e. The van der Waals surface area contributed by atoms with Crippen molar-refractivity contribution in [2.45, 2.75) is 38.6 Å². The molecule has 0 N–H and O–H groups in total. The summed E-state index contributed by atoms with van der Waals surface area (Å²) >= 11 is 3.35. The van der Waals surface area contributed by atoms with Crippen molar-refractivity contribution in [1.29, 1.82) is 0 Å². The topological polar surface area (TPSA) is 16.4 Å². The van der Waals surface area contributed by atoms with Crippen molar-refractivity contribution >= 4 is 15.9 Å². The van der Waals surface area contributed by atoms with Crippen LogP contribution in [0.4, 0.5) is 0 Å². The fourth-order valence-electron chi connectivity index (χ4n) is 2.24. The molecular formula is C12H18BrNO. The number of hydrogen-bond acceptors (Lipinski definition) is 2. The Bertz CT molecular complexity index is 302. The van der Waals surface area contributed by atoms with E-state index in [1.807, 2.05) is 6.26 Å². The molecular weight excluding hydrogens is 254 g/mol. The molecule has 1 saturated heterocycles. The molecule has 0 aromatic carbocycles. The second kappa shape index (κ2) is 5.17. The van der Waals surface area contributed by atoms with E-state index in [1.54, 1.807) is 0 Å². The normalized spacial score (nSPS) is 21.2. The predicted octanol–water partition coefficient (Wildman–Crippen LogP) is 3.98. The second-order valence-electron chi connectivity index (χ2n) is 4.31. The third-order valence-electron chi connectivity index (χ3n) is 3.26. The number of nitrogens with zero attached hydrogens (tertiary/aromatic N) is 1. The summed E-state index contributed by atoms with van der Waals surface area (Å²) in [5.74, 6) is 0. The van der Waals surface area contributed by atoms with Crippen LogP contribution in [-0.4, -0.2) is 18.0 Å². The van der Waals surface area contributed by atoms with Crippen molar-refractivity contribution in [3.63, 3.8) is 0 Å². The number of halogens is 1. The van der Waals surface area contributed by atoms with Gasteiger partial charge >= 0.3 is 0 Å². The van der Waals surface area contributed by atoms with Crippen LogP contribution in [-0.2, 0) is 0 Å². The van der Waals surface area contributed by atoms with Gasteiger partial charge in [0.1, 0.15) is 0 Å². The third kappa shape index (κ3) is 2.85. The van der Waals surface area contributed by atoms with Crippen molar-refractivity contribution in [3.8, 4) is 0 Å². The van der Waals surface area contributed by atoms with Crippen LogP contribution in [0.2, 0.25) is 0 Å². The number of likely N-dealkylation sites (tertiary alicyclic amines) is 1. The lowest BCUT2D eigenvalue weighted by molar-refractivity contribution is 0.218. The molecule has 0 radical (unpaired) electrons. The molecule has 0 bridgehead atoms. The number of hydrogen-bond donors (Lipinski definition) is 0. The van der Waals surface area contributed by atoms with E-state index in [0.717, 1.165) is 4.67 Å². The Kier molecular flexibility index (Phi) is 3.87. The molecule has 84 valence electrons. The molecule has 1 fully saturated rings. The highest BCUT2D eigenvalue weighted by molar-refractivity contribution is 9.10. The summed E-state index contributed by atoms with van der Waals surface area (Å²) in [6.07, 6.45) is 7.31. The molecule has 1 unspecified atom stereocenters. The molecule has 1 aliphatic rings. The lowest BCUT2D eigenvalue weighted by atomic mass is 10.1. The van der Waals surface area contributed by atoms with Crippen LogP contribution >= 0.6 is 15.9 Å². The smallest absolute Gasteiger partial charge is 0.169 e. The number of furan rings is 1. The van der Waals surface area contributed by atoms with E-state index in [9.17, 15) is 0 Å². The lowest BCUT2D eigenvalue weighted by Gasteiger charge is -2.26. The van der Waals surface area contributed by atoms with Crippen molar-refractivity contribution in [2.24, 2.45) is 0 Å². The first kappa shape index (κ1) is 11.2. The molecule has 0 amide bonds. The highest BCUT2D eigenvalue weighted by Gasteiger charge is 2.18. The maximum Gasteiger partial charge on any atom is 0.169 e. The van der Waals surface area contributed by atoms with E-state index in [1.165, 1.54) is 44.3 Å². The van der Waals surface area contributed by atoms with E-state index in [-0.39, 0.29) is 0 Å². The maximum atomic E-state index is 5.30. The molecule has 0 saturated carbocycles. The number of rotatable bonds is 2. The highest BCUT2D eigenvalue weighted by atomic mass is 79.9. The third-order valence-corrected chi connectivity index (χ3v) is 3.67. The monoisotopic (exact) mass is 271 g/mol. The van der Waals surface area contributed by atoms with Gasteiger partial charge < -0.3 is 4.42 Å². The zero-order valence-corrected chi connectivity index (χ0v) is 10.8. The van der Waals surface area contributed by atoms with E-state index in [0.29, 0.717) is 6.04 Å². The van der Waals surface area contributed by atoms with E-state index in [2.05, 4.69) is 33.8 Å². The molecule has 2 rings (SSSR count). The lowest BCUT2D eigenvalue weighted by Crippen LogP contribution is -2.27. The molecule has 15 heavy (non-hydrogen) atoms. The van der Waals surface area contributed by atoms with Crippen LogP contribution in [0, 0.1) is 0 Å². The van der Waals surface area contributed by atoms with Gasteiger partial charge in [-0.2, -0.15) is 0 Å². The Hall–Kier alpha value is -0.280. The molecule has 1 aromatic rings. The van der Waals surface area contributed by atoms with Crippen LogP contribution in [0.15, 0.2) is 21.4 Å². The predicted molar refractivity (Wildman–Crippen MR) is 64.9 cm³/mol. The molecule has 2 heterocycles. The molecule has 1 aromatic heterocycles. The van der Waals surface area contributed by atoms with Gasteiger partial charge in [0.05, 0.1) is 6.26 Å². The average Bonchev–Trinajstić information content (AvgIpc) is 2.53. The first-order valence-electron chi connectivity index (χ1n) is 5.75.